The van der Waals surface area contributed by atoms with Crippen LogP contribution < -0.4 is 16.0 Å². The molecule has 2 fully saturated rings. The van der Waals surface area contributed by atoms with Gasteiger partial charge in [-0.15, -0.1) is 0 Å². The average molecular weight is 516 g/mol. The number of ketones is 1. The number of nitrogens with one attached hydrogen (secondary N) is 3. The summed E-state index contributed by atoms with van der Waals surface area (Å²) < 4.78 is 13.2. The van der Waals surface area contributed by atoms with Crippen molar-refractivity contribution in [2.75, 3.05) is 18.4 Å². The number of benzene rings is 1. The number of piperazine rings is 1. The Balaban J connectivity index is 1.38. The zero-order chi connectivity index (χ0) is 25.8. The third-order valence-electron chi connectivity index (χ3n) is 6.65. The summed E-state index contributed by atoms with van der Waals surface area (Å²) in [7, 11) is 0. The Labute approximate surface area is 212 Å². The Morgan fingerprint density at radius 3 is 2.61 bits per heavy atom. The molecule has 36 heavy (non-hydrogen) atoms. The zero-order valence-corrected chi connectivity index (χ0v) is 21.1. The summed E-state index contributed by atoms with van der Waals surface area (Å²) in [6.45, 7) is 3.52. The van der Waals surface area contributed by atoms with Gasteiger partial charge < -0.3 is 15.5 Å². The second-order valence-corrected chi connectivity index (χ2v) is 10.4. The van der Waals surface area contributed by atoms with Crippen molar-refractivity contribution in [3.63, 3.8) is 0 Å². The predicted octanol–water partition coefficient (Wildman–Crippen LogP) is 3.04. The van der Waals surface area contributed by atoms with Gasteiger partial charge in [-0.3, -0.25) is 19.7 Å². The number of nitrogens with zero attached hydrogens (tertiary/aromatic N) is 2. The molecule has 3 atom stereocenters. The van der Waals surface area contributed by atoms with E-state index in [0.717, 1.165) is 42.6 Å². The largest absolute Gasteiger partial charge is 0.342 e. The number of halogens is 1. The smallest absolute Gasteiger partial charge is 0.321 e. The van der Waals surface area contributed by atoms with Gasteiger partial charge in [0, 0.05) is 25.9 Å². The minimum absolute atomic E-state index is 0.00312. The number of carbonyl (C=O) groups excluding carboxylic acids is 4. The minimum atomic E-state index is -0.710. The van der Waals surface area contributed by atoms with E-state index in [1.54, 1.807) is 24.0 Å². The van der Waals surface area contributed by atoms with Crippen LogP contribution in [0, 0.1) is 18.7 Å². The van der Waals surface area contributed by atoms with Crippen LogP contribution in [0.1, 0.15) is 53.5 Å². The normalized spacial score (nSPS) is 22.2. The van der Waals surface area contributed by atoms with E-state index >= 15 is 0 Å². The standard InChI is InChI=1S/C25H30FN5O4S/c1-14-22(15(2)32)36-25(27-14)30-24(35)29-19-6-4-3-5-17(19)12-31-13-21(33)28-20(23(31)34)11-16-7-9-18(26)10-8-16/h7-10,17,19-20H,3-6,11-13H2,1-2H3,(H,28,33)(H2,27,29,30,35). The molecule has 2 heterocycles. The molecule has 3 N–H and O–H groups in total. The van der Waals surface area contributed by atoms with Gasteiger partial charge in [0.1, 0.15) is 11.9 Å². The van der Waals surface area contributed by atoms with Gasteiger partial charge in [0.15, 0.2) is 10.9 Å². The average Bonchev–Trinajstić information content (AvgIpc) is 3.19. The Morgan fingerprint density at radius 1 is 1.19 bits per heavy atom. The van der Waals surface area contributed by atoms with Crippen LogP contribution in [0.2, 0.25) is 0 Å². The molecule has 1 aliphatic heterocycles. The molecule has 1 saturated heterocycles. The Morgan fingerprint density at radius 2 is 1.92 bits per heavy atom. The molecular formula is C25H30FN5O4S. The van der Waals surface area contributed by atoms with Crippen molar-refractivity contribution in [1.29, 1.82) is 0 Å². The quantitative estimate of drug-likeness (QED) is 0.490. The Hall–Kier alpha value is -3.34. The molecule has 192 valence electrons. The van der Waals surface area contributed by atoms with Crippen molar-refractivity contribution in [2.45, 2.75) is 58.0 Å². The molecule has 2 aromatic rings. The first-order valence-corrected chi connectivity index (χ1v) is 12.9. The van der Waals surface area contributed by atoms with Crippen molar-refractivity contribution in [1.82, 2.24) is 20.5 Å². The topological polar surface area (TPSA) is 121 Å². The summed E-state index contributed by atoms with van der Waals surface area (Å²) in [5.74, 6) is -0.873. The van der Waals surface area contributed by atoms with Gasteiger partial charge in [0.25, 0.3) is 0 Å². The molecule has 11 heteroatoms. The first-order chi connectivity index (χ1) is 17.2. The predicted molar refractivity (Wildman–Crippen MR) is 133 cm³/mol. The number of hydrogen-bond acceptors (Lipinski definition) is 6. The van der Waals surface area contributed by atoms with Crippen LogP contribution in [0.25, 0.3) is 0 Å². The lowest BCUT2D eigenvalue weighted by Crippen LogP contribution is -2.60. The van der Waals surface area contributed by atoms with Gasteiger partial charge in [-0.2, -0.15) is 0 Å². The molecule has 2 aliphatic rings. The van der Waals surface area contributed by atoms with Crippen molar-refractivity contribution >= 4 is 40.1 Å². The highest BCUT2D eigenvalue weighted by molar-refractivity contribution is 7.17. The SMILES string of the molecule is CC(=O)c1sc(NC(=O)NC2CCCCC2CN2CC(=O)NC(Cc3ccc(F)cc3)C2=O)nc1C. The second-order valence-electron chi connectivity index (χ2n) is 9.41. The second kappa shape index (κ2) is 11.2. The lowest BCUT2D eigenvalue weighted by molar-refractivity contribution is -0.145. The van der Waals surface area contributed by atoms with Crippen LogP contribution in [-0.2, 0) is 16.0 Å². The van der Waals surface area contributed by atoms with E-state index in [2.05, 4.69) is 20.9 Å². The van der Waals surface area contributed by atoms with Gasteiger partial charge in [0.2, 0.25) is 11.8 Å². The fraction of sp³-hybridized carbons (Fsp3) is 0.480. The maximum Gasteiger partial charge on any atom is 0.321 e. The zero-order valence-electron chi connectivity index (χ0n) is 20.3. The molecule has 1 saturated carbocycles. The molecule has 0 radical (unpaired) electrons. The maximum atomic E-state index is 13.2. The van der Waals surface area contributed by atoms with Crippen LogP contribution >= 0.6 is 11.3 Å². The summed E-state index contributed by atoms with van der Waals surface area (Å²) in [6.07, 6.45) is 3.80. The van der Waals surface area contributed by atoms with E-state index in [9.17, 15) is 23.6 Å². The summed E-state index contributed by atoms with van der Waals surface area (Å²) in [4.78, 5) is 56.3. The minimum Gasteiger partial charge on any atom is -0.342 e. The number of hydrogen-bond donors (Lipinski definition) is 3. The molecule has 4 rings (SSSR count). The van der Waals surface area contributed by atoms with E-state index < -0.39 is 12.1 Å². The Kier molecular flexibility index (Phi) is 7.97. The summed E-state index contributed by atoms with van der Waals surface area (Å²) in [5, 5.41) is 8.83. The van der Waals surface area contributed by atoms with Gasteiger partial charge in [0.05, 0.1) is 17.1 Å². The fourth-order valence-corrected chi connectivity index (χ4v) is 5.76. The van der Waals surface area contributed by atoms with Crippen LogP contribution in [0.3, 0.4) is 0 Å². The molecule has 1 aromatic heterocycles. The molecule has 0 spiro atoms. The summed E-state index contributed by atoms with van der Waals surface area (Å²) in [6, 6.07) is 4.60. The molecule has 4 amide bonds. The number of aromatic nitrogens is 1. The molecule has 1 aliphatic carbocycles. The van der Waals surface area contributed by atoms with Crippen molar-refractivity contribution in [2.24, 2.45) is 5.92 Å². The van der Waals surface area contributed by atoms with Crippen molar-refractivity contribution in [3.8, 4) is 0 Å². The first kappa shape index (κ1) is 25.7. The van der Waals surface area contributed by atoms with Gasteiger partial charge in [-0.1, -0.05) is 36.3 Å². The third-order valence-corrected chi connectivity index (χ3v) is 7.82. The van der Waals surface area contributed by atoms with Crippen LogP contribution in [-0.4, -0.2) is 58.7 Å². The molecule has 9 nitrogen and oxygen atoms in total. The van der Waals surface area contributed by atoms with E-state index in [4.69, 9.17) is 0 Å². The maximum absolute atomic E-state index is 13.2. The summed E-state index contributed by atoms with van der Waals surface area (Å²) >= 11 is 1.14. The highest BCUT2D eigenvalue weighted by atomic mass is 32.1. The van der Waals surface area contributed by atoms with Crippen LogP contribution in [0.5, 0.6) is 0 Å². The molecule has 1 aromatic carbocycles. The van der Waals surface area contributed by atoms with Gasteiger partial charge in [-0.05, 0) is 43.4 Å². The lowest BCUT2D eigenvalue weighted by Gasteiger charge is -2.39. The number of urea groups is 1. The highest BCUT2D eigenvalue weighted by Crippen LogP contribution is 2.27. The molecule has 0 bridgehead atoms. The summed E-state index contributed by atoms with van der Waals surface area (Å²) in [5.41, 5.74) is 1.34. The van der Waals surface area contributed by atoms with Crippen molar-refractivity contribution < 1.29 is 23.6 Å². The van der Waals surface area contributed by atoms with E-state index in [0.29, 0.717) is 22.2 Å². The van der Waals surface area contributed by atoms with Crippen molar-refractivity contribution in [3.05, 3.63) is 46.2 Å². The lowest BCUT2D eigenvalue weighted by atomic mass is 9.84. The number of carbonyl (C=O) groups is 4. The van der Waals surface area contributed by atoms with Gasteiger partial charge >= 0.3 is 6.03 Å². The first-order valence-electron chi connectivity index (χ1n) is 12.1. The highest BCUT2D eigenvalue weighted by Gasteiger charge is 2.36. The number of thiazole rings is 1. The van der Waals surface area contributed by atoms with Crippen LogP contribution in [0.15, 0.2) is 24.3 Å². The third kappa shape index (κ3) is 6.26. The monoisotopic (exact) mass is 515 g/mol. The number of rotatable bonds is 7. The van der Waals surface area contributed by atoms with E-state index in [-0.39, 0.29) is 48.3 Å². The number of aryl methyl sites for hydroxylation is 1. The Bertz CT molecular complexity index is 1150. The number of Topliss-reactive ketones (excluding diaryl/α,β-unsaturated/α-hetero) is 1. The van der Waals surface area contributed by atoms with Gasteiger partial charge in [-0.25, -0.2) is 14.2 Å². The number of anilines is 1. The van der Waals surface area contributed by atoms with Crippen LogP contribution in [0.4, 0.5) is 14.3 Å². The molecular weight excluding hydrogens is 485 g/mol. The molecule has 3 unspecified atom stereocenters. The van der Waals surface area contributed by atoms with E-state index in [1.807, 2.05) is 0 Å². The number of amides is 4. The van der Waals surface area contributed by atoms with E-state index in [1.165, 1.54) is 19.1 Å². The fourth-order valence-electron chi connectivity index (χ4n) is 4.90.